The van der Waals surface area contributed by atoms with E-state index in [0.29, 0.717) is 5.56 Å². The fourth-order valence-corrected chi connectivity index (χ4v) is 2.82. The Labute approximate surface area is 163 Å². The summed E-state index contributed by atoms with van der Waals surface area (Å²) in [4.78, 5) is 24.1. The van der Waals surface area contributed by atoms with Crippen LogP contribution in [0.2, 0.25) is 0 Å². The molecule has 4 N–H and O–H groups in total. The van der Waals surface area contributed by atoms with Crippen molar-refractivity contribution in [1.82, 2.24) is 10.6 Å². The molecule has 0 aliphatic rings. The van der Waals surface area contributed by atoms with E-state index in [9.17, 15) is 18.0 Å². The Bertz CT molecular complexity index is 901. The normalized spacial score (nSPS) is 11.9. The van der Waals surface area contributed by atoms with E-state index in [1.807, 2.05) is 35.1 Å². The second kappa shape index (κ2) is 9.72. The van der Waals surface area contributed by atoms with Gasteiger partial charge in [-0.15, -0.1) is 0 Å². The Balaban J connectivity index is 1.97. The van der Waals surface area contributed by atoms with Crippen LogP contribution in [0.25, 0.3) is 0 Å². The molecule has 0 bridgehead atoms. The number of hydrogen-bond acceptors (Lipinski definition) is 5. The molecule has 150 valence electrons. The highest BCUT2D eigenvalue weighted by Crippen LogP contribution is 2.12. The molecule has 2 rings (SSSR count). The maximum Gasteiger partial charge on any atom is 0.408 e. The molecular weight excluding hydrogens is 386 g/mol. The van der Waals surface area contributed by atoms with Crippen LogP contribution in [0.5, 0.6) is 0 Å². The van der Waals surface area contributed by atoms with E-state index in [-0.39, 0.29) is 18.7 Å². The smallest absolute Gasteiger partial charge is 0.408 e. The third-order valence-corrected chi connectivity index (χ3v) is 4.20. The molecule has 0 saturated carbocycles. The number of amides is 2. The molecule has 0 aromatic heterocycles. The minimum atomic E-state index is -4.36. The molecule has 0 spiro atoms. The van der Waals surface area contributed by atoms with Crippen LogP contribution >= 0.6 is 0 Å². The van der Waals surface area contributed by atoms with Crippen LogP contribution in [-0.2, 0) is 32.9 Å². The summed E-state index contributed by atoms with van der Waals surface area (Å²) in [5, 5.41) is 4.99. The lowest BCUT2D eigenvalue weighted by molar-refractivity contribution is -0.122. The predicted octanol–water partition coefficient (Wildman–Crippen LogP) is 1.48. The highest BCUT2D eigenvalue weighted by Gasteiger charge is 2.21. The zero-order valence-electron chi connectivity index (χ0n) is 15.1. The molecule has 2 amide bonds. The molecule has 2 aromatic rings. The van der Waals surface area contributed by atoms with E-state index >= 15 is 0 Å². The van der Waals surface area contributed by atoms with Crippen molar-refractivity contribution < 1.29 is 27.3 Å². The molecule has 1 unspecified atom stereocenters. The second-order valence-electron chi connectivity index (χ2n) is 5.85. The molecule has 2 aromatic carbocycles. The third kappa shape index (κ3) is 7.25. The monoisotopic (exact) mass is 407 g/mol. The molecule has 1 atom stereocenters. The van der Waals surface area contributed by atoms with Gasteiger partial charge in [-0.1, -0.05) is 42.5 Å². The van der Waals surface area contributed by atoms with Gasteiger partial charge in [-0.05, 0) is 23.3 Å². The number of hydrogen-bond donors (Lipinski definition) is 4. The number of nitrogens with one attached hydrogen (secondary N) is 3. The van der Waals surface area contributed by atoms with Gasteiger partial charge in [0.2, 0.25) is 5.91 Å². The van der Waals surface area contributed by atoms with E-state index in [1.54, 1.807) is 12.1 Å². The van der Waals surface area contributed by atoms with Gasteiger partial charge in [0, 0.05) is 13.5 Å². The van der Waals surface area contributed by atoms with Gasteiger partial charge in [-0.25, -0.2) is 4.79 Å². The summed E-state index contributed by atoms with van der Waals surface area (Å²) in [6.45, 7) is 0.0726. The van der Waals surface area contributed by atoms with Crippen molar-refractivity contribution in [2.75, 3.05) is 11.8 Å². The number of rotatable bonds is 8. The number of ether oxygens (including phenoxy) is 1. The fourth-order valence-electron chi connectivity index (χ4n) is 2.38. The van der Waals surface area contributed by atoms with Crippen LogP contribution in [0.3, 0.4) is 0 Å². The van der Waals surface area contributed by atoms with Gasteiger partial charge in [0.05, 0.1) is 5.69 Å². The van der Waals surface area contributed by atoms with Gasteiger partial charge in [0.15, 0.2) is 0 Å². The third-order valence-electron chi connectivity index (χ3n) is 3.71. The van der Waals surface area contributed by atoms with Gasteiger partial charge >= 0.3 is 16.4 Å². The lowest BCUT2D eigenvalue weighted by Crippen LogP contribution is -2.47. The molecule has 28 heavy (non-hydrogen) atoms. The highest BCUT2D eigenvalue weighted by atomic mass is 32.2. The lowest BCUT2D eigenvalue weighted by atomic mass is 10.1. The Morgan fingerprint density at radius 3 is 2.25 bits per heavy atom. The van der Waals surface area contributed by atoms with Crippen LogP contribution in [0.4, 0.5) is 10.5 Å². The number of benzene rings is 2. The maximum absolute atomic E-state index is 12.1. The van der Waals surface area contributed by atoms with Gasteiger partial charge < -0.3 is 15.4 Å². The molecule has 10 heteroatoms. The lowest BCUT2D eigenvalue weighted by Gasteiger charge is -2.17. The van der Waals surface area contributed by atoms with E-state index in [0.717, 1.165) is 5.56 Å². The molecule has 0 saturated heterocycles. The largest absolute Gasteiger partial charge is 0.445 e. The summed E-state index contributed by atoms with van der Waals surface area (Å²) in [5.41, 5.74) is 1.65. The molecule has 0 heterocycles. The van der Waals surface area contributed by atoms with Crippen molar-refractivity contribution in [3.05, 3.63) is 65.7 Å². The summed E-state index contributed by atoms with van der Waals surface area (Å²) in [6.07, 6.45) is -0.575. The van der Waals surface area contributed by atoms with E-state index in [1.165, 1.54) is 19.2 Å². The van der Waals surface area contributed by atoms with Crippen LogP contribution in [0.1, 0.15) is 11.1 Å². The standard InChI is InChI=1S/C18H21N3O6S/c1-19-17(22)16(20-18(23)27-12-14-5-3-2-4-6-14)11-13-7-9-15(10-8-13)21-28(24,25)26/h2-10,16,21H,11-12H2,1H3,(H,19,22)(H,20,23)(H,24,25,26). The Morgan fingerprint density at radius 1 is 1.04 bits per heavy atom. The Morgan fingerprint density at radius 2 is 1.68 bits per heavy atom. The Kier molecular flexibility index (Phi) is 7.36. The van der Waals surface area contributed by atoms with E-state index in [4.69, 9.17) is 9.29 Å². The molecule has 0 fully saturated rings. The van der Waals surface area contributed by atoms with Crippen LogP contribution in [-0.4, -0.2) is 38.1 Å². The van der Waals surface area contributed by atoms with Crippen LogP contribution in [0.15, 0.2) is 54.6 Å². The van der Waals surface area contributed by atoms with Crippen molar-refractivity contribution in [3.63, 3.8) is 0 Å². The minimum absolute atomic E-state index is 0.0726. The summed E-state index contributed by atoms with van der Waals surface area (Å²) in [6, 6.07) is 14.2. The van der Waals surface area contributed by atoms with E-state index < -0.39 is 28.3 Å². The number of carbonyl (C=O) groups is 2. The van der Waals surface area contributed by atoms with Crippen molar-refractivity contribution in [1.29, 1.82) is 0 Å². The zero-order chi connectivity index (χ0) is 20.6. The predicted molar refractivity (Wildman–Crippen MR) is 103 cm³/mol. The first-order valence-corrected chi connectivity index (χ1v) is 9.74. The SMILES string of the molecule is CNC(=O)C(Cc1ccc(NS(=O)(=O)O)cc1)NC(=O)OCc1ccccc1. The summed E-state index contributed by atoms with van der Waals surface area (Å²) in [5.74, 6) is -0.406. The van der Waals surface area contributed by atoms with Crippen LogP contribution in [0, 0.1) is 0 Å². The zero-order valence-corrected chi connectivity index (χ0v) is 15.9. The number of alkyl carbamates (subject to hydrolysis) is 1. The first-order valence-electron chi connectivity index (χ1n) is 8.30. The van der Waals surface area contributed by atoms with Gasteiger partial charge in [-0.3, -0.25) is 14.1 Å². The van der Waals surface area contributed by atoms with Crippen molar-refractivity contribution >= 4 is 28.0 Å². The summed E-state index contributed by atoms with van der Waals surface area (Å²) >= 11 is 0. The highest BCUT2D eigenvalue weighted by molar-refractivity contribution is 7.87. The van der Waals surface area contributed by atoms with Crippen molar-refractivity contribution in [3.8, 4) is 0 Å². The number of carbonyl (C=O) groups excluding carboxylic acids is 2. The molecule has 0 radical (unpaired) electrons. The summed E-state index contributed by atoms with van der Waals surface area (Å²) in [7, 11) is -2.91. The Hall–Kier alpha value is -3.11. The van der Waals surface area contributed by atoms with Crippen molar-refractivity contribution in [2.45, 2.75) is 19.1 Å². The second-order valence-corrected chi connectivity index (χ2v) is 7.01. The maximum atomic E-state index is 12.1. The molecule has 9 nitrogen and oxygen atoms in total. The first-order chi connectivity index (χ1) is 13.3. The minimum Gasteiger partial charge on any atom is -0.445 e. The molecular formula is C18H21N3O6S. The topological polar surface area (TPSA) is 134 Å². The molecule has 0 aliphatic carbocycles. The van der Waals surface area contributed by atoms with Gasteiger partial charge in [-0.2, -0.15) is 8.42 Å². The first kappa shape index (κ1) is 21.2. The van der Waals surface area contributed by atoms with Crippen molar-refractivity contribution in [2.24, 2.45) is 0 Å². The molecule has 0 aliphatic heterocycles. The van der Waals surface area contributed by atoms with Gasteiger partial charge in [0.1, 0.15) is 12.6 Å². The quantitative estimate of drug-likeness (QED) is 0.490. The van der Waals surface area contributed by atoms with Gasteiger partial charge in [0.25, 0.3) is 0 Å². The fraction of sp³-hybridized carbons (Fsp3) is 0.222. The number of likely N-dealkylation sites (N-methyl/N-ethyl adjacent to an activating group) is 1. The summed E-state index contributed by atoms with van der Waals surface area (Å²) < 4.78 is 37.4. The van der Waals surface area contributed by atoms with E-state index in [2.05, 4.69) is 10.6 Å². The van der Waals surface area contributed by atoms with Crippen LogP contribution < -0.4 is 15.4 Å². The number of anilines is 1. The average molecular weight is 407 g/mol. The average Bonchev–Trinajstić information content (AvgIpc) is 2.66.